The maximum absolute atomic E-state index is 11.1. The first kappa shape index (κ1) is 14.3. The third-order valence-electron chi connectivity index (χ3n) is 2.71. The van der Waals surface area contributed by atoms with Gasteiger partial charge >= 0.3 is 0 Å². The van der Waals surface area contributed by atoms with Crippen molar-refractivity contribution in [3.8, 4) is 0 Å². The lowest BCUT2D eigenvalue weighted by Gasteiger charge is -2.08. The van der Waals surface area contributed by atoms with Crippen LogP contribution in [0.1, 0.15) is 43.5 Å². The summed E-state index contributed by atoms with van der Waals surface area (Å²) in [7, 11) is 0. The number of nitrogens with zero attached hydrogens (tertiary/aromatic N) is 1. The Morgan fingerprint density at radius 3 is 2.78 bits per heavy atom. The third kappa shape index (κ3) is 4.61. The Kier molecular flexibility index (Phi) is 5.42. The molecule has 5 heteroatoms. The van der Waals surface area contributed by atoms with E-state index in [4.69, 9.17) is 11.5 Å². The highest BCUT2D eigenvalue weighted by atomic mass is 16.1. The molecule has 1 heterocycles. The molecule has 5 N–H and O–H groups in total. The highest BCUT2D eigenvalue weighted by molar-refractivity contribution is 5.98. The fourth-order valence-corrected chi connectivity index (χ4v) is 1.67. The molecule has 100 valence electrons. The van der Waals surface area contributed by atoms with Gasteiger partial charge in [0.2, 0.25) is 0 Å². The molecule has 1 aromatic rings. The lowest BCUT2D eigenvalue weighted by Crippen LogP contribution is -2.15. The maximum Gasteiger partial charge on any atom is 0.250 e. The van der Waals surface area contributed by atoms with Crippen molar-refractivity contribution >= 4 is 17.4 Å². The molecule has 0 saturated heterocycles. The molecule has 0 aliphatic rings. The molecule has 0 radical (unpaired) electrons. The summed E-state index contributed by atoms with van der Waals surface area (Å²) in [5.41, 5.74) is 11.5. The van der Waals surface area contributed by atoms with Crippen LogP contribution in [-0.4, -0.2) is 17.4 Å². The van der Waals surface area contributed by atoms with Gasteiger partial charge in [0.25, 0.3) is 5.91 Å². The average molecular weight is 250 g/mol. The van der Waals surface area contributed by atoms with Crippen molar-refractivity contribution in [3.05, 3.63) is 17.8 Å². The molecule has 1 amide bonds. The number of amides is 1. The molecule has 18 heavy (non-hydrogen) atoms. The molecule has 0 aliphatic carbocycles. The van der Waals surface area contributed by atoms with Gasteiger partial charge in [0.05, 0.1) is 17.4 Å². The van der Waals surface area contributed by atoms with E-state index in [0.29, 0.717) is 17.1 Å². The van der Waals surface area contributed by atoms with E-state index in [1.54, 1.807) is 6.07 Å². The second-order valence-corrected chi connectivity index (χ2v) is 4.84. The number of carbonyl (C=O) groups excluding carboxylic acids is 1. The molecule has 0 unspecified atom stereocenters. The SMILES string of the molecule is CC(C)CCCCNc1cc(C(N)=O)c(N)cn1. The molecular formula is C13H22N4O. The summed E-state index contributed by atoms with van der Waals surface area (Å²) in [6.45, 7) is 5.27. The molecule has 0 aliphatic heterocycles. The second-order valence-electron chi connectivity index (χ2n) is 4.84. The Morgan fingerprint density at radius 2 is 2.17 bits per heavy atom. The lowest BCUT2D eigenvalue weighted by molar-refractivity contribution is 0.100. The number of nitrogens with one attached hydrogen (secondary N) is 1. The Labute approximate surface area is 108 Å². The van der Waals surface area contributed by atoms with Gasteiger partial charge in [-0.2, -0.15) is 0 Å². The van der Waals surface area contributed by atoms with Crippen LogP contribution in [0.3, 0.4) is 0 Å². The number of carbonyl (C=O) groups is 1. The topological polar surface area (TPSA) is 94.0 Å². The van der Waals surface area contributed by atoms with Gasteiger partial charge < -0.3 is 16.8 Å². The van der Waals surface area contributed by atoms with E-state index in [1.807, 2.05) is 0 Å². The number of hydrogen-bond acceptors (Lipinski definition) is 4. The van der Waals surface area contributed by atoms with E-state index in [9.17, 15) is 4.79 Å². The van der Waals surface area contributed by atoms with E-state index in [0.717, 1.165) is 18.9 Å². The third-order valence-corrected chi connectivity index (χ3v) is 2.71. The van der Waals surface area contributed by atoms with Gasteiger partial charge in [-0.15, -0.1) is 0 Å². The molecule has 0 spiro atoms. The molecule has 0 bridgehead atoms. The minimum atomic E-state index is -0.530. The van der Waals surface area contributed by atoms with Crippen molar-refractivity contribution in [2.24, 2.45) is 11.7 Å². The fraction of sp³-hybridized carbons (Fsp3) is 0.538. The Bertz CT molecular complexity index is 404. The standard InChI is InChI=1S/C13H22N4O/c1-9(2)5-3-4-6-16-12-7-10(13(15)18)11(14)8-17-12/h7-9H,3-6,14H2,1-2H3,(H2,15,18)(H,16,17). The normalized spacial score (nSPS) is 10.6. The molecule has 5 nitrogen and oxygen atoms in total. The smallest absolute Gasteiger partial charge is 0.250 e. The summed E-state index contributed by atoms with van der Waals surface area (Å²) in [5.74, 6) is 0.849. The molecule has 0 saturated carbocycles. The van der Waals surface area contributed by atoms with E-state index in [-0.39, 0.29) is 0 Å². The molecule has 0 atom stereocenters. The van der Waals surface area contributed by atoms with Gasteiger partial charge in [0.15, 0.2) is 0 Å². The number of anilines is 2. The number of aromatic nitrogens is 1. The van der Waals surface area contributed by atoms with E-state index >= 15 is 0 Å². The number of pyridine rings is 1. The van der Waals surface area contributed by atoms with Crippen molar-refractivity contribution in [3.63, 3.8) is 0 Å². The summed E-state index contributed by atoms with van der Waals surface area (Å²) in [6, 6.07) is 1.60. The van der Waals surface area contributed by atoms with Gasteiger partial charge in [0.1, 0.15) is 5.82 Å². The Hall–Kier alpha value is -1.78. The number of nitrogen functional groups attached to an aromatic ring is 1. The highest BCUT2D eigenvalue weighted by Gasteiger charge is 2.07. The quantitative estimate of drug-likeness (QED) is 0.645. The number of primary amides is 1. The van der Waals surface area contributed by atoms with Crippen molar-refractivity contribution in [1.29, 1.82) is 0 Å². The number of rotatable bonds is 7. The van der Waals surface area contributed by atoms with Crippen LogP contribution in [0.5, 0.6) is 0 Å². The van der Waals surface area contributed by atoms with Crippen molar-refractivity contribution < 1.29 is 4.79 Å². The fourth-order valence-electron chi connectivity index (χ4n) is 1.67. The monoisotopic (exact) mass is 250 g/mol. The van der Waals surface area contributed by atoms with Crippen molar-refractivity contribution in [2.75, 3.05) is 17.6 Å². The van der Waals surface area contributed by atoms with Crippen LogP contribution in [0.15, 0.2) is 12.3 Å². The van der Waals surface area contributed by atoms with Crippen LogP contribution in [-0.2, 0) is 0 Å². The Balaban J connectivity index is 2.43. The van der Waals surface area contributed by atoms with Crippen LogP contribution < -0.4 is 16.8 Å². The predicted molar refractivity (Wildman–Crippen MR) is 74.3 cm³/mol. The molecule has 0 fully saturated rings. The van der Waals surface area contributed by atoms with Crippen LogP contribution in [0.2, 0.25) is 0 Å². The number of unbranched alkanes of at least 4 members (excludes halogenated alkanes) is 1. The lowest BCUT2D eigenvalue weighted by atomic mass is 10.1. The zero-order valence-corrected chi connectivity index (χ0v) is 11.1. The minimum Gasteiger partial charge on any atom is -0.397 e. The first-order valence-corrected chi connectivity index (χ1v) is 6.30. The van der Waals surface area contributed by atoms with Crippen LogP contribution in [0.25, 0.3) is 0 Å². The van der Waals surface area contributed by atoms with Crippen molar-refractivity contribution in [2.45, 2.75) is 33.1 Å². The van der Waals surface area contributed by atoms with Crippen LogP contribution in [0.4, 0.5) is 11.5 Å². The molecule has 0 aromatic carbocycles. The molecular weight excluding hydrogens is 228 g/mol. The van der Waals surface area contributed by atoms with Gasteiger partial charge in [-0.1, -0.05) is 26.7 Å². The molecule has 1 rings (SSSR count). The zero-order valence-electron chi connectivity index (χ0n) is 11.1. The number of nitrogens with two attached hydrogens (primary N) is 2. The average Bonchev–Trinajstić information content (AvgIpc) is 2.30. The Morgan fingerprint density at radius 1 is 1.44 bits per heavy atom. The van der Waals surface area contributed by atoms with Gasteiger partial charge in [-0.25, -0.2) is 4.98 Å². The van der Waals surface area contributed by atoms with Crippen LogP contribution >= 0.6 is 0 Å². The maximum atomic E-state index is 11.1. The summed E-state index contributed by atoms with van der Waals surface area (Å²) < 4.78 is 0. The van der Waals surface area contributed by atoms with E-state index < -0.39 is 5.91 Å². The zero-order chi connectivity index (χ0) is 13.5. The summed E-state index contributed by atoms with van der Waals surface area (Å²) in [5, 5.41) is 3.17. The van der Waals surface area contributed by atoms with Gasteiger partial charge in [0, 0.05) is 6.54 Å². The summed E-state index contributed by atoms with van der Waals surface area (Å²) >= 11 is 0. The summed E-state index contributed by atoms with van der Waals surface area (Å²) in [4.78, 5) is 15.2. The van der Waals surface area contributed by atoms with E-state index in [1.165, 1.54) is 19.0 Å². The van der Waals surface area contributed by atoms with Gasteiger partial charge in [-0.05, 0) is 18.4 Å². The van der Waals surface area contributed by atoms with Gasteiger partial charge in [-0.3, -0.25) is 4.79 Å². The largest absolute Gasteiger partial charge is 0.397 e. The minimum absolute atomic E-state index is 0.313. The number of hydrogen-bond donors (Lipinski definition) is 3. The van der Waals surface area contributed by atoms with Crippen LogP contribution in [0, 0.1) is 5.92 Å². The highest BCUT2D eigenvalue weighted by Crippen LogP contribution is 2.14. The van der Waals surface area contributed by atoms with E-state index in [2.05, 4.69) is 24.1 Å². The predicted octanol–water partition coefficient (Wildman–Crippen LogP) is 2.00. The molecule has 1 aromatic heterocycles. The first-order valence-electron chi connectivity index (χ1n) is 6.30. The van der Waals surface area contributed by atoms with Crippen molar-refractivity contribution in [1.82, 2.24) is 4.98 Å². The second kappa shape index (κ2) is 6.83. The first-order chi connectivity index (χ1) is 8.50. The summed E-state index contributed by atoms with van der Waals surface area (Å²) in [6.07, 6.45) is 4.94.